The van der Waals surface area contributed by atoms with E-state index < -0.39 is 0 Å². The minimum Gasteiger partial charge on any atom is -0.506 e. The van der Waals surface area contributed by atoms with Crippen molar-refractivity contribution in [2.45, 2.75) is 26.1 Å². The second-order valence-electron chi connectivity index (χ2n) is 4.92. The van der Waals surface area contributed by atoms with Gasteiger partial charge in [0.2, 0.25) is 0 Å². The molecular formula is C16H15NO3. The van der Waals surface area contributed by atoms with Crippen LogP contribution in [0.5, 0.6) is 5.75 Å². The fourth-order valence-electron chi connectivity index (χ4n) is 2.47. The van der Waals surface area contributed by atoms with Gasteiger partial charge in [-0.15, -0.1) is 0 Å². The van der Waals surface area contributed by atoms with Gasteiger partial charge in [0.15, 0.2) is 5.78 Å². The molecule has 0 radical (unpaired) electrons. The molecule has 0 spiro atoms. The lowest BCUT2D eigenvalue weighted by molar-refractivity contribution is 0.0529. The lowest BCUT2D eigenvalue weighted by atomic mass is 9.98. The molecule has 0 fully saturated rings. The molecule has 2 heterocycles. The van der Waals surface area contributed by atoms with Gasteiger partial charge in [-0.25, -0.2) is 0 Å². The molecule has 102 valence electrons. The van der Waals surface area contributed by atoms with Crippen molar-refractivity contribution in [3.05, 3.63) is 58.9 Å². The Bertz CT molecular complexity index is 652. The van der Waals surface area contributed by atoms with Crippen LogP contribution in [-0.4, -0.2) is 15.9 Å². The molecule has 3 rings (SSSR count). The van der Waals surface area contributed by atoms with E-state index in [1.165, 1.54) is 0 Å². The van der Waals surface area contributed by atoms with Crippen LogP contribution in [0.15, 0.2) is 36.5 Å². The third-order valence-electron chi connectivity index (χ3n) is 3.59. The number of Topliss-reactive ketones (excluding diaryl/α,β-unsaturated/α-hetero) is 1. The van der Waals surface area contributed by atoms with Crippen molar-refractivity contribution in [3.8, 4) is 5.75 Å². The molecule has 1 unspecified atom stereocenters. The SMILES string of the molecule is Cc1ncc2c(c1O)C(CC(=O)c1ccccc1)OC2. The number of pyridine rings is 1. The van der Waals surface area contributed by atoms with Gasteiger partial charge in [-0.3, -0.25) is 9.78 Å². The molecule has 4 heteroatoms. The number of aromatic hydroxyl groups is 1. The molecule has 1 aliphatic rings. The lowest BCUT2D eigenvalue weighted by Crippen LogP contribution is -2.07. The molecule has 0 saturated carbocycles. The van der Waals surface area contributed by atoms with Crippen LogP contribution in [0.3, 0.4) is 0 Å². The van der Waals surface area contributed by atoms with Gasteiger partial charge in [-0.1, -0.05) is 30.3 Å². The molecule has 1 aromatic carbocycles. The minimum absolute atomic E-state index is 0.0114. The number of nitrogens with zero attached hydrogens (tertiary/aromatic N) is 1. The van der Waals surface area contributed by atoms with Crippen LogP contribution < -0.4 is 0 Å². The first-order valence-electron chi connectivity index (χ1n) is 6.54. The lowest BCUT2D eigenvalue weighted by Gasteiger charge is -2.12. The number of ketones is 1. The maximum absolute atomic E-state index is 12.2. The van der Waals surface area contributed by atoms with Crippen LogP contribution in [0.25, 0.3) is 0 Å². The smallest absolute Gasteiger partial charge is 0.165 e. The van der Waals surface area contributed by atoms with Gasteiger partial charge >= 0.3 is 0 Å². The number of aryl methyl sites for hydroxylation is 1. The number of fused-ring (bicyclic) bond motifs is 1. The van der Waals surface area contributed by atoms with Crippen molar-refractivity contribution in [1.29, 1.82) is 0 Å². The maximum Gasteiger partial charge on any atom is 0.165 e. The van der Waals surface area contributed by atoms with E-state index in [2.05, 4.69) is 4.98 Å². The number of carbonyl (C=O) groups excluding carboxylic acids is 1. The van der Waals surface area contributed by atoms with E-state index in [0.717, 1.165) is 5.56 Å². The summed E-state index contributed by atoms with van der Waals surface area (Å²) in [6.45, 7) is 2.13. The number of benzene rings is 1. The van der Waals surface area contributed by atoms with E-state index in [-0.39, 0.29) is 24.1 Å². The van der Waals surface area contributed by atoms with E-state index in [9.17, 15) is 9.90 Å². The highest BCUT2D eigenvalue weighted by atomic mass is 16.5. The van der Waals surface area contributed by atoms with Gasteiger partial charge in [-0.2, -0.15) is 0 Å². The molecule has 4 nitrogen and oxygen atoms in total. The Kier molecular flexibility index (Phi) is 3.24. The van der Waals surface area contributed by atoms with E-state index in [4.69, 9.17) is 4.74 Å². The third-order valence-corrected chi connectivity index (χ3v) is 3.59. The maximum atomic E-state index is 12.2. The predicted molar refractivity (Wildman–Crippen MR) is 73.6 cm³/mol. The van der Waals surface area contributed by atoms with Crippen LogP contribution >= 0.6 is 0 Å². The highest BCUT2D eigenvalue weighted by Crippen LogP contribution is 2.40. The zero-order valence-corrected chi connectivity index (χ0v) is 11.2. The second-order valence-corrected chi connectivity index (χ2v) is 4.92. The quantitative estimate of drug-likeness (QED) is 0.870. The Labute approximate surface area is 117 Å². The van der Waals surface area contributed by atoms with Crippen LogP contribution in [-0.2, 0) is 11.3 Å². The highest BCUT2D eigenvalue weighted by Gasteiger charge is 2.30. The molecule has 2 aromatic rings. The summed E-state index contributed by atoms with van der Waals surface area (Å²) in [6, 6.07) is 9.12. The monoisotopic (exact) mass is 269 g/mol. The van der Waals surface area contributed by atoms with Crippen LogP contribution in [0, 0.1) is 6.92 Å². The Morgan fingerprint density at radius 1 is 1.40 bits per heavy atom. The Hall–Kier alpha value is -2.20. The summed E-state index contributed by atoms with van der Waals surface area (Å²) in [7, 11) is 0. The van der Waals surface area contributed by atoms with Crippen molar-refractivity contribution < 1.29 is 14.6 Å². The molecule has 0 aliphatic carbocycles. The first-order valence-corrected chi connectivity index (χ1v) is 6.54. The van der Waals surface area contributed by atoms with Crippen LogP contribution in [0.1, 0.15) is 39.7 Å². The van der Waals surface area contributed by atoms with Gasteiger partial charge in [0, 0.05) is 29.3 Å². The summed E-state index contributed by atoms with van der Waals surface area (Å²) < 4.78 is 5.63. The summed E-state index contributed by atoms with van der Waals surface area (Å²) in [4.78, 5) is 16.3. The van der Waals surface area contributed by atoms with Crippen molar-refractivity contribution in [2.75, 3.05) is 0 Å². The van der Waals surface area contributed by atoms with Gasteiger partial charge in [-0.05, 0) is 6.92 Å². The number of hydrogen-bond donors (Lipinski definition) is 1. The zero-order valence-electron chi connectivity index (χ0n) is 11.2. The predicted octanol–water partition coefficient (Wildman–Crippen LogP) is 2.94. The largest absolute Gasteiger partial charge is 0.506 e. The van der Waals surface area contributed by atoms with Crippen LogP contribution in [0.4, 0.5) is 0 Å². The molecule has 0 saturated heterocycles. The number of aromatic nitrogens is 1. The number of rotatable bonds is 3. The molecule has 1 N–H and O–H groups in total. The summed E-state index contributed by atoms with van der Waals surface area (Å²) >= 11 is 0. The fourth-order valence-corrected chi connectivity index (χ4v) is 2.47. The van der Waals surface area contributed by atoms with E-state index in [1.807, 2.05) is 18.2 Å². The van der Waals surface area contributed by atoms with Crippen LogP contribution in [0.2, 0.25) is 0 Å². The molecule has 1 aliphatic heterocycles. The summed E-state index contributed by atoms with van der Waals surface area (Å²) in [5.41, 5.74) is 2.79. The van der Waals surface area contributed by atoms with Crippen molar-refractivity contribution in [3.63, 3.8) is 0 Å². The Morgan fingerprint density at radius 3 is 2.90 bits per heavy atom. The third kappa shape index (κ3) is 2.18. The summed E-state index contributed by atoms with van der Waals surface area (Å²) in [6.07, 6.45) is 1.55. The number of carbonyl (C=O) groups is 1. The molecule has 0 amide bonds. The average molecular weight is 269 g/mol. The first kappa shape index (κ1) is 12.8. The molecule has 1 aromatic heterocycles. The average Bonchev–Trinajstić information content (AvgIpc) is 2.87. The van der Waals surface area contributed by atoms with E-state index >= 15 is 0 Å². The molecule has 0 bridgehead atoms. The summed E-state index contributed by atoms with van der Waals surface area (Å²) in [5.74, 6) is 0.156. The number of ether oxygens (including phenoxy) is 1. The van der Waals surface area contributed by atoms with Gasteiger partial charge in [0.25, 0.3) is 0 Å². The van der Waals surface area contributed by atoms with Gasteiger partial charge < -0.3 is 9.84 Å². The normalized spacial score (nSPS) is 16.9. The van der Waals surface area contributed by atoms with E-state index in [1.54, 1.807) is 25.3 Å². The first-order chi connectivity index (χ1) is 9.66. The molecular weight excluding hydrogens is 254 g/mol. The number of hydrogen-bond acceptors (Lipinski definition) is 4. The van der Waals surface area contributed by atoms with Gasteiger partial charge in [0.1, 0.15) is 5.75 Å². The Morgan fingerprint density at radius 2 is 2.15 bits per heavy atom. The molecule has 1 atom stereocenters. The van der Waals surface area contributed by atoms with Crippen molar-refractivity contribution >= 4 is 5.78 Å². The summed E-state index contributed by atoms with van der Waals surface area (Å²) in [5, 5.41) is 10.1. The minimum atomic E-state index is -0.389. The van der Waals surface area contributed by atoms with E-state index in [0.29, 0.717) is 23.4 Å². The van der Waals surface area contributed by atoms with Crippen molar-refractivity contribution in [1.82, 2.24) is 4.98 Å². The molecule has 20 heavy (non-hydrogen) atoms. The highest BCUT2D eigenvalue weighted by molar-refractivity contribution is 5.96. The fraction of sp³-hybridized carbons (Fsp3) is 0.250. The second kappa shape index (κ2) is 5.06. The zero-order chi connectivity index (χ0) is 14.1. The Balaban J connectivity index is 1.86. The van der Waals surface area contributed by atoms with Crippen molar-refractivity contribution in [2.24, 2.45) is 0 Å². The standard InChI is InChI=1S/C16H15NO3/c1-10-16(19)15-12(8-17-10)9-20-14(15)7-13(18)11-5-3-2-4-6-11/h2-6,8,14,19H,7,9H2,1H3. The van der Waals surface area contributed by atoms with Gasteiger partial charge in [0.05, 0.1) is 18.4 Å². The topological polar surface area (TPSA) is 59.4 Å².